The third-order valence-corrected chi connectivity index (χ3v) is 5.93. The lowest BCUT2D eigenvalue weighted by Crippen LogP contribution is -2.27. The van der Waals surface area contributed by atoms with Crippen molar-refractivity contribution in [3.05, 3.63) is 51.2 Å². The Morgan fingerprint density at radius 1 is 1.27 bits per heavy atom. The first-order chi connectivity index (χ1) is 10.1. The summed E-state index contributed by atoms with van der Waals surface area (Å²) in [5.41, 5.74) is -1.07. The summed E-state index contributed by atoms with van der Waals surface area (Å²) in [7, 11) is -4.17. The van der Waals surface area contributed by atoms with Gasteiger partial charge in [-0.3, -0.25) is 0 Å². The molecule has 2 aromatic rings. The van der Waals surface area contributed by atoms with Crippen molar-refractivity contribution in [2.24, 2.45) is 0 Å². The summed E-state index contributed by atoms with van der Waals surface area (Å²) in [5, 5.41) is 1.51. The maximum atomic E-state index is 12.7. The highest BCUT2D eigenvalue weighted by atomic mass is 35.5. The molecule has 0 unspecified atom stereocenters. The van der Waals surface area contributed by atoms with Crippen LogP contribution < -0.4 is 4.72 Å². The molecule has 0 aliphatic heterocycles. The van der Waals surface area contributed by atoms with Crippen LogP contribution >= 0.6 is 22.9 Å². The van der Waals surface area contributed by atoms with Gasteiger partial charge in [-0.15, -0.1) is 11.3 Å². The molecule has 1 N–H and O–H groups in total. The van der Waals surface area contributed by atoms with Gasteiger partial charge in [0.1, 0.15) is 4.90 Å². The minimum absolute atomic E-state index is 0.265. The lowest BCUT2D eigenvalue weighted by Gasteiger charge is -2.15. The number of nitrogens with one attached hydrogen (secondary N) is 1. The van der Waals surface area contributed by atoms with Crippen molar-refractivity contribution in [3.8, 4) is 0 Å². The molecule has 0 bridgehead atoms. The molecule has 9 heteroatoms. The number of hydrogen-bond acceptors (Lipinski definition) is 3. The summed E-state index contributed by atoms with van der Waals surface area (Å²) in [4.78, 5) is 0.152. The Labute approximate surface area is 134 Å². The molecule has 0 aliphatic carbocycles. The second-order valence-corrected chi connectivity index (χ2v) is 7.57. The largest absolute Gasteiger partial charge is 0.416 e. The van der Waals surface area contributed by atoms with E-state index in [1.165, 1.54) is 11.3 Å². The molecule has 0 aliphatic rings. The van der Waals surface area contributed by atoms with Crippen LogP contribution in [-0.2, 0) is 16.2 Å². The zero-order valence-corrected chi connectivity index (χ0v) is 13.6. The van der Waals surface area contributed by atoms with Gasteiger partial charge >= 0.3 is 6.18 Å². The van der Waals surface area contributed by atoms with Crippen LogP contribution in [0.25, 0.3) is 0 Å². The summed E-state index contributed by atoms with van der Waals surface area (Å²) in [5.74, 6) is 0. The van der Waals surface area contributed by atoms with E-state index < -0.39 is 32.7 Å². The first-order valence-corrected chi connectivity index (χ1v) is 8.78. The van der Waals surface area contributed by atoms with Crippen LogP contribution in [0.4, 0.5) is 13.2 Å². The Kier molecular flexibility index (Phi) is 4.86. The number of alkyl halides is 3. The molecule has 1 atom stereocenters. The number of thiophene rings is 1. The van der Waals surface area contributed by atoms with E-state index in [4.69, 9.17) is 11.6 Å². The molecule has 120 valence electrons. The van der Waals surface area contributed by atoms with Crippen LogP contribution in [0.1, 0.15) is 23.4 Å². The Balaban J connectivity index is 2.37. The second kappa shape index (κ2) is 6.19. The van der Waals surface area contributed by atoms with Crippen LogP contribution in [-0.4, -0.2) is 8.42 Å². The van der Waals surface area contributed by atoms with Gasteiger partial charge in [0.25, 0.3) is 0 Å². The van der Waals surface area contributed by atoms with E-state index in [9.17, 15) is 21.6 Å². The predicted molar refractivity (Wildman–Crippen MR) is 79.5 cm³/mol. The summed E-state index contributed by atoms with van der Waals surface area (Å²) in [6.45, 7) is 1.60. The first kappa shape index (κ1) is 17.3. The van der Waals surface area contributed by atoms with Gasteiger partial charge in [0.05, 0.1) is 16.6 Å². The fraction of sp³-hybridized carbons (Fsp3) is 0.231. The summed E-state index contributed by atoms with van der Waals surface area (Å²) < 4.78 is 65.0. The van der Waals surface area contributed by atoms with E-state index in [1.807, 2.05) is 0 Å². The maximum absolute atomic E-state index is 12.7. The highest BCUT2D eigenvalue weighted by Gasteiger charge is 2.33. The summed E-state index contributed by atoms with van der Waals surface area (Å²) in [6, 6.07) is 5.11. The fourth-order valence-corrected chi connectivity index (χ4v) is 4.34. The first-order valence-electron chi connectivity index (χ1n) is 6.04. The Morgan fingerprint density at radius 3 is 2.50 bits per heavy atom. The highest BCUT2D eigenvalue weighted by Crippen LogP contribution is 2.33. The third kappa shape index (κ3) is 3.81. The van der Waals surface area contributed by atoms with Crippen LogP contribution in [0.5, 0.6) is 0 Å². The molecule has 0 spiro atoms. The number of hydrogen-bond donors (Lipinski definition) is 1. The number of rotatable bonds is 4. The fourth-order valence-electron chi connectivity index (χ4n) is 1.78. The van der Waals surface area contributed by atoms with E-state index in [2.05, 4.69) is 4.72 Å². The lowest BCUT2D eigenvalue weighted by atomic mass is 10.2. The van der Waals surface area contributed by atoms with Crippen molar-refractivity contribution < 1.29 is 21.6 Å². The van der Waals surface area contributed by atoms with Crippen LogP contribution in [0.2, 0.25) is 5.02 Å². The van der Waals surface area contributed by atoms with Crippen molar-refractivity contribution in [1.29, 1.82) is 0 Å². The van der Waals surface area contributed by atoms with Crippen LogP contribution in [0.3, 0.4) is 0 Å². The maximum Gasteiger partial charge on any atom is 0.416 e. The van der Waals surface area contributed by atoms with Crippen molar-refractivity contribution in [2.45, 2.75) is 24.0 Å². The lowest BCUT2D eigenvalue weighted by molar-refractivity contribution is -0.137. The van der Waals surface area contributed by atoms with E-state index in [0.717, 1.165) is 17.0 Å². The molecule has 0 saturated heterocycles. The molecule has 2 rings (SSSR count). The molecular weight excluding hydrogens is 359 g/mol. The Hall–Kier alpha value is -1.09. The van der Waals surface area contributed by atoms with Crippen molar-refractivity contribution in [1.82, 2.24) is 4.72 Å². The van der Waals surface area contributed by atoms with E-state index in [0.29, 0.717) is 6.07 Å². The molecule has 0 radical (unpaired) electrons. The van der Waals surface area contributed by atoms with Crippen LogP contribution in [0, 0.1) is 0 Å². The van der Waals surface area contributed by atoms with E-state index >= 15 is 0 Å². The van der Waals surface area contributed by atoms with Crippen LogP contribution in [0.15, 0.2) is 40.6 Å². The minimum atomic E-state index is -4.64. The van der Waals surface area contributed by atoms with Gasteiger partial charge in [-0.2, -0.15) is 13.2 Å². The minimum Gasteiger partial charge on any atom is -0.207 e. The van der Waals surface area contributed by atoms with Crippen molar-refractivity contribution in [3.63, 3.8) is 0 Å². The van der Waals surface area contributed by atoms with Gasteiger partial charge in [-0.1, -0.05) is 17.7 Å². The topological polar surface area (TPSA) is 46.2 Å². The number of benzene rings is 1. The monoisotopic (exact) mass is 369 g/mol. The average molecular weight is 370 g/mol. The van der Waals surface area contributed by atoms with E-state index in [1.54, 1.807) is 24.4 Å². The van der Waals surface area contributed by atoms with Crippen molar-refractivity contribution >= 4 is 33.0 Å². The standard InChI is InChI=1S/C13H11ClF3NO2S2/c1-8(11-3-2-6-21-11)18-22(19,20)12-7-9(13(15,16)17)4-5-10(12)14/h2-8,18H,1H3/t8-/m1/s1. The van der Waals surface area contributed by atoms with Gasteiger partial charge in [0.2, 0.25) is 10.0 Å². The zero-order chi connectivity index (χ0) is 16.5. The SMILES string of the molecule is C[C@@H](NS(=O)(=O)c1cc(C(F)(F)F)ccc1Cl)c1cccs1. The molecule has 22 heavy (non-hydrogen) atoms. The van der Waals surface area contributed by atoms with Gasteiger partial charge in [0.15, 0.2) is 0 Å². The van der Waals surface area contributed by atoms with Gasteiger partial charge < -0.3 is 0 Å². The Bertz CT molecular complexity index is 758. The quantitative estimate of drug-likeness (QED) is 0.864. The molecule has 1 aromatic heterocycles. The zero-order valence-electron chi connectivity index (χ0n) is 11.2. The van der Waals surface area contributed by atoms with E-state index in [-0.39, 0.29) is 5.02 Å². The molecule has 1 heterocycles. The number of sulfonamides is 1. The van der Waals surface area contributed by atoms with Gasteiger partial charge in [0, 0.05) is 4.88 Å². The number of halogens is 4. The molecule has 1 aromatic carbocycles. The molecule has 0 fully saturated rings. The van der Waals surface area contributed by atoms with Gasteiger partial charge in [-0.25, -0.2) is 13.1 Å². The predicted octanol–water partition coefficient (Wildman–Crippen LogP) is 4.46. The van der Waals surface area contributed by atoms with Gasteiger partial charge in [-0.05, 0) is 36.6 Å². The smallest absolute Gasteiger partial charge is 0.207 e. The third-order valence-electron chi connectivity index (χ3n) is 2.85. The molecule has 0 amide bonds. The molecule has 0 saturated carbocycles. The Morgan fingerprint density at radius 2 is 1.95 bits per heavy atom. The molecular formula is C13H11ClF3NO2S2. The summed E-state index contributed by atoms with van der Waals surface area (Å²) in [6.07, 6.45) is -4.64. The normalized spacial score (nSPS) is 14.0. The second-order valence-electron chi connectivity index (χ2n) is 4.50. The average Bonchev–Trinajstić information content (AvgIpc) is 2.90. The summed E-state index contributed by atoms with van der Waals surface area (Å²) >= 11 is 7.09. The highest BCUT2D eigenvalue weighted by molar-refractivity contribution is 7.89. The van der Waals surface area contributed by atoms with Crippen molar-refractivity contribution in [2.75, 3.05) is 0 Å². The molecule has 3 nitrogen and oxygen atoms in total.